The average Bonchev–Trinajstić information content (AvgIpc) is 2.58. The molecule has 0 unspecified atom stereocenters. The van der Waals surface area contributed by atoms with Crippen molar-refractivity contribution in [1.29, 1.82) is 0 Å². The predicted octanol–water partition coefficient (Wildman–Crippen LogP) is 4.53. The van der Waals surface area contributed by atoms with Crippen molar-refractivity contribution in [2.24, 2.45) is 0 Å². The molecule has 1 aromatic carbocycles. The van der Waals surface area contributed by atoms with E-state index >= 15 is 0 Å². The average molecular weight is 373 g/mol. The Morgan fingerprint density at radius 3 is 2.33 bits per heavy atom. The molecule has 0 radical (unpaired) electrons. The van der Waals surface area contributed by atoms with Gasteiger partial charge >= 0.3 is 7.12 Å². The van der Waals surface area contributed by atoms with Gasteiger partial charge in [-0.15, -0.1) is 0 Å². The molecular weight excluding hydrogens is 354 g/mol. The van der Waals surface area contributed by atoms with Crippen LogP contribution in [-0.2, 0) is 9.31 Å². The first-order valence-electron chi connectivity index (χ1n) is 6.79. The topological polar surface area (TPSA) is 18.5 Å². The van der Waals surface area contributed by atoms with Gasteiger partial charge in [-0.3, -0.25) is 0 Å². The van der Waals surface area contributed by atoms with Crippen LogP contribution in [0.3, 0.4) is 0 Å². The van der Waals surface area contributed by atoms with Gasteiger partial charge in [-0.2, -0.15) is 12.6 Å². The first-order chi connectivity index (χ1) is 9.68. The summed E-state index contributed by atoms with van der Waals surface area (Å²) in [6, 6.07) is 4.89. The Bertz CT molecular complexity index is 539. The number of rotatable bonds is 3. The van der Waals surface area contributed by atoms with E-state index in [1.807, 2.05) is 27.7 Å². The molecule has 1 aliphatic heterocycles. The second-order valence-corrected chi connectivity index (χ2v) is 7.27. The lowest BCUT2D eigenvalue weighted by molar-refractivity contribution is 0.00578. The molecule has 0 atom stereocenters. The van der Waals surface area contributed by atoms with Crippen LogP contribution in [0.5, 0.6) is 0 Å². The number of hydrogen-bond donors (Lipinski definition) is 1. The van der Waals surface area contributed by atoms with Gasteiger partial charge in [0.1, 0.15) is 5.82 Å². The van der Waals surface area contributed by atoms with Crippen LogP contribution in [0.25, 0.3) is 6.08 Å². The van der Waals surface area contributed by atoms with Gasteiger partial charge in [0.25, 0.3) is 0 Å². The van der Waals surface area contributed by atoms with E-state index in [4.69, 9.17) is 9.31 Å². The van der Waals surface area contributed by atoms with Crippen LogP contribution in [0.4, 0.5) is 4.39 Å². The molecule has 2 nitrogen and oxygen atoms in total. The minimum atomic E-state index is -0.515. The van der Waals surface area contributed by atoms with Gasteiger partial charge in [0.05, 0.1) is 11.2 Å². The van der Waals surface area contributed by atoms with Gasteiger partial charge in [-0.25, -0.2) is 4.39 Å². The lowest BCUT2D eigenvalue weighted by atomic mass is 9.78. The lowest BCUT2D eigenvalue weighted by Crippen LogP contribution is -2.41. The number of halogens is 2. The maximum Gasteiger partial charge on any atom is 0.491 e. The highest BCUT2D eigenvalue weighted by Crippen LogP contribution is 2.39. The summed E-state index contributed by atoms with van der Waals surface area (Å²) in [6.45, 7) is 7.95. The predicted molar refractivity (Wildman–Crippen MR) is 92.0 cm³/mol. The van der Waals surface area contributed by atoms with Crippen LogP contribution in [0.1, 0.15) is 33.3 Å². The van der Waals surface area contributed by atoms with E-state index in [0.29, 0.717) is 15.8 Å². The smallest absolute Gasteiger partial charge is 0.400 e. The van der Waals surface area contributed by atoms with Crippen LogP contribution in [0, 0.1) is 5.82 Å². The zero-order valence-electron chi connectivity index (χ0n) is 12.6. The molecule has 0 N–H and O–H groups in total. The third kappa shape index (κ3) is 3.39. The largest absolute Gasteiger partial charge is 0.491 e. The summed E-state index contributed by atoms with van der Waals surface area (Å²) in [6.07, 6.45) is 1.74. The molecule has 1 aromatic rings. The summed E-state index contributed by atoms with van der Waals surface area (Å²) < 4.78 is 26.6. The van der Waals surface area contributed by atoms with Crippen molar-refractivity contribution >= 4 is 41.8 Å². The molecule has 0 amide bonds. The third-order valence-corrected chi connectivity index (χ3v) is 5.12. The molecule has 2 rings (SSSR count). The van der Waals surface area contributed by atoms with Gasteiger partial charge in [0, 0.05) is 15.8 Å². The normalized spacial score (nSPS) is 20.9. The van der Waals surface area contributed by atoms with E-state index in [-0.39, 0.29) is 5.82 Å². The van der Waals surface area contributed by atoms with Crippen LogP contribution in [0.2, 0.25) is 0 Å². The van der Waals surface area contributed by atoms with Crippen molar-refractivity contribution in [2.75, 3.05) is 5.75 Å². The molecule has 0 bridgehead atoms. The quantitative estimate of drug-likeness (QED) is 0.620. The van der Waals surface area contributed by atoms with Crippen LogP contribution >= 0.6 is 28.6 Å². The van der Waals surface area contributed by atoms with Gasteiger partial charge in [0.2, 0.25) is 0 Å². The third-order valence-electron chi connectivity index (χ3n) is 4.07. The molecular formula is C15H19BBrFO2S. The van der Waals surface area contributed by atoms with Crippen LogP contribution < -0.4 is 0 Å². The van der Waals surface area contributed by atoms with Gasteiger partial charge in [-0.1, -0.05) is 28.1 Å². The maximum absolute atomic E-state index is 14.0. The summed E-state index contributed by atoms with van der Waals surface area (Å²) in [5, 5.41) is 0. The Hall–Kier alpha value is -0.295. The first kappa shape index (κ1) is 17.1. The highest BCUT2D eigenvalue weighted by molar-refractivity contribution is 9.10. The Morgan fingerprint density at radius 1 is 1.29 bits per heavy atom. The highest BCUT2D eigenvalue weighted by atomic mass is 79.9. The van der Waals surface area contributed by atoms with Crippen molar-refractivity contribution in [3.8, 4) is 0 Å². The maximum atomic E-state index is 14.0. The van der Waals surface area contributed by atoms with Crippen molar-refractivity contribution in [1.82, 2.24) is 0 Å². The fourth-order valence-corrected chi connectivity index (χ4v) is 2.71. The molecule has 1 fully saturated rings. The standard InChI is InChI=1S/C15H19BBrFO2S/c1-14(2)15(3,4)20-16(19-14)10(9-21)8-11-12(17)6-5-7-13(11)18/h5-8,21H,9H2,1-4H3. The van der Waals surface area contributed by atoms with E-state index in [2.05, 4.69) is 28.6 Å². The summed E-state index contributed by atoms with van der Waals surface area (Å²) in [7, 11) is -0.515. The van der Waals surface area contributed by atoms with Crippen molar-refractivity contribution in [3.63, 3.8) is 0 Å². The van der Waals surface area contributed by atoms with Crippen LogP contribution in [0.15, 0.2) is 28.1 Å². The second kappa shape index (κ2) is 6.07. The van der Waals surface area contributed by atoms with E-state index in [1.54, 1.807) is 18.2 Å². The fourth-order valence-electron chi connectivity index (χ4n) is 2.02. The monoisotopic (exact) mass is 372 g/mol. The Labute approximate surface area is 139 Å². The zero-order valence-corrected chi connectivity index (χ0v) is 15.1. The van der Waals surface area contributed by atoms with Crippen molar-refractivity contribution in [3.05, 3.63) is 39.5 Å². The molecule has 6 heteroatoms. The molecule has 0 spiro atoms. The lowest BCUT2D eigenvalue weighted by Gasteiger charge is -2.32. The molecule has 1 saturated heterocycles. The molecule has 0 saturated carbocycles. The second-order valence-electron chi connectivity index (χ2n) is 6.10. The molecule has 21 heavy (non-hydrogen) atoms. The molecule has 1 heterocycles. The summed E-state index contributed by atoms with van der Waals surface area (Å²) in [4.78, 5) is 0. The van der Waals surface area contributed by atoms with E-state index in [0.717, 1.165) is 5.47 Å². The van der Waals surface area contributed by atoms with E-state index in [1.165, 1.54) is 6.07 Å². The Morgan fingerprint density at radius 2 is 1.86 bits per heavy atom. The summed E-state index contributed by atoms with van der Waals surface area (Å²) >= 11 is 7.70. The van der Waals surface area contributed by atoms with E-state index < -0.39 is 18.3 Å². The highest BCUT2D eigenvalue weighted by Gasteiger charge is 2.52. The fraction of sp³-hybridized carbons (Fsp3) is 0.467. The molecule has 114 valence electrons. The number of benzene rings is 1. The zero-order chi connectivity index (χ0) is 15.8. The number of thiol groups is 1. The SMILES string of the molecule is CC1(C)OB(C(=Cc2c(F)cccc2Br)CS)OC1(C)C. The molecule has 1 aliphatic rings. The molecule has 0 aliphatic carbocycles. The number of hydrogen-bond acceptors (Lipinski definition) is 3. The first-order valence-corrected chi connectivity index (χ1v) is 8.21. The Balaban J connectivity index is 2.36. The van der Waals surface area contributed by atoms with Crippen molar-refractivity contribution in [2.45, 2.75) is 38.9 Å². The molecule has 0 aromatic heterocycles. The minimum absolute atomic E-state index is 0.292. The van der Waals surface area contributed by atoms with Gasteiger partial charge in [-0.05, 0) is 45.3 Å². The summed E-state index contributed by atoms with van der Waals surface area (Å²) in [5.74, 6) is 0.137. The van der Waals surface area contributed by atoms with Crippen LogP contribution in [-0.4, -0.2) is 24.1 Å². The Kier molecular flexibility index (Phi) is 4.93. The van der Waals surface area contributed by atoms with Gasteiger partial charge in [0.15, 0.2) is 0 Å². The van der Waals surface area contributed by atoms with E-state index in [9.17, 15) is 4.39 Å². The van der Waals surface area contributed by atoms with Gasteiger partial charge < -0.3 is 9.31 Å². The summed E-state index contributed by atoms with van der Waals surface area (Å²) in [5.41, 5.74) is 0.428. The van der Waals surface area contributed by atoms with Crippen molar-refractivity contribution < 1.29 is 13.7 Å². The minimum Gasteiger partial charge on any atom is -0.400 e.